The van der Waals surface area contributed by atoms with Gasteiger partial charge in [0.15, 0.2) is 0 Å². The van der Waals surface area contributed by atoms with Gasteiger partial charge >= 0.3 is 0 Å². The summed E-state index contributed by atoms with van der Waals surface area (Å²) in [6, 6.07) is 39.6. The van der Waals surface area contributed by atoms with Gasteiger partial charge in [-0.3, -0.25) is 14.4 Å². The van der Waals surface area contributed by atoms with E-state index in [4.69, 9.17) is 0 Å². The van der Waals surface area contributed by atoms with Crippen molar-refractivity contribution < 1.29 is 14.4 Å². The molecule has 4 N–H and O–H groups in total. The van der Waals surface area contributed by atoms with Crippen LogP contribution < -0.4 is 16.0 Å². The van der Waals surface area contributed by atoms with Gasteiger partial charge in [0, 0.05) is 44.5 Å². The van der Waals surface area contributed by atoms with Gasteiger partial charge in [0.2, 0.25) is 5.91 Å². The highest BCUT2D eigenvalue weighted by Crippen LogP contribution is 2.37. The summed E-state index contributed by atoms with van der Waals surface area (Å²) in [4.78, 5) is 44.7. The third kappa shape index (κ3) is 8.00. The van der Waals surface area contributed by atoms with Crippen LogP contribution in [0.25, 0.3) is 17.0 Å². The van der Waals surface area contributed by atoms with Gasteiger partial charge in [-0.2, -0.15) is 0 Å². The van der Waals surface area contributed by atoms with Crippen molar-refractivity contribution in [3.63, 3.8) is 0 Å². The van der Waals surface area contributed by atoms with Crippen molar-refractivity contribution in [2.75, 3.05) is 10.6 Å². The summed E-state index contributed by atoms with van der Waals surface area (Å²) in [6.07, 6.45) is 4.28. The first-order valence-electron chi connectivity index (χ1n) is 16.1. The number of H-pyrrole nitrogens is 1. The predicted octanol–water partition coefficient (Wildman–Crippen LogP) is 8.92. The molecule has 0 fully saturated rings. The van der Waals surface area contributed by atoms with E-state index in [1.165, 1.54) is 11.8 Å². The quantitative estimate of drug-likeness (QED) is 0.0820. The normalized spacial score (nSPS) is 11.9. The lowest BCUT2D eigenvalue weighted by atomic mass is 10.1. The smallest absolute Gasteiger partial charge is 0.272 e. The van der Waals surface area contributed by atoms with E-state index in [1.807, 2.05) is 97.9 Å². The van der Waals surface area contributed by atoms with Gasteiger partial charge in [-0.25, -0.2) is 0 Å². The number of carbonyl (C=O) groups excluding carboxylic acids is 3. The Bertz CT molecular complexity index is 2120. The largest absolute Gasteiger partial charge is 0.361 e. The number of benzene rings is 5. The molecule has 1 heterocycles. The fraction of sp³-hybridized carbons (Fsp3) is 0.0976. The fourth-order valence-corrected chi connectivity index (χ4v) is 6.58. The Balaban J connectivity index is 1.22. The van der Waals surface area contributed by atoms with Crippen molar-refractivity contribution in [2.45, 2.75) is 30.4 Å². The van der Waals surface area contributed by atoms with Crippen LogP contribution in [0, 0.1) is 6.92 Å². The Hall–Kier alpha value is -5.86. The number of carbonyl (C=O) groups is 3. The first kappa shape index (κ1) is 33.1. The first-order valence-corrected chi connectivity index (χ1v) is 16.9. The van der Waals surface area contributed by atoms with Crippen molar-refractivity contribution in [2.24, 2.45) is 0 Å². The molecule has 0 radical (unpaired) electrons. The zero-order valence-electron chi connectivity index (χ0n) is 27.2. The minimum atomic E-state index is -0.509. The third-order valence-corrected chi connectivity index (χ3v) is 9.41. The van der Waals surface area contributed by atoms with Gasteiger partial charge in [0.1, 0.15) is 10.9 Å². The van der Waals surface area contributed by atoms with E-state index in [0.29, 0.717) is 11.3 Å². The van der Waals surface area contributed by atoms with Crippen LogP contribution in [0.5, 0.6) is 0 Å². The zero-order chi connectivity index (χ0) is 34.2. The predicted molar refractivity (Wildman–Crippen MR) is 199 cm³/mol. The minimum absolute atomic E-state index is 0.0977. The second-order valence-electron chi connectivity index (χ2n) is 11.5. The molecule has 7 nitrogen and oxygen atoms in total. The van der Waals surface area contributed by atoms with Crippen LogP contribution in [0.2, 0.25) is 0 Å². The Morgan fingerprint density at radius 2 is 1.47 bits per heavy atom. The van der Waals surface area contributed by atoms with Crippen LogP contribution in [-0.4, -0.2) is 22.7 Å². The lowest BCUT2D eigenvalue weighted by Gasteiger charge is -2.20. The van der Waals surface area contributed by atoms with Crippen LogP contribution >= 0.6 is 11.8 Å². The second kappa shape index (κ2) is 15.4. The number of thioether (sulfide) groups is 1. The number of aromatic nitrogens is 1. The molecule has 0 aliphatic rings. The molecule has 0 unspecified atom stereocenters. The van der Waals surface area contributed by atoms with E-state index in [9.17, 15) is 14.4 Å². The Morgan fingerprint density at radius 3 is 2.20 bits per heavy atom. The maximum absolute atomic E-state index is 13.8. The molecule has 0 aliphatic carbocycles. The molecule has 3 amide bonds. The van der Waals surface area contributed by atoms with Gasteiger partial charge in [-0.05, 0) is 78.6 Å². The summed E-state index contributed by atoms with van der Waals surface area (Å²) in [5.41, 5.74) is 6.60. The molecule has 244 valence electrons. The molecule has 49 heavy (non-hydrogen) atoms. The molecule has 0 aliphatic heterocycles. The van der Waals surface area contributed by atoms with Gasteiger partial charge in [-0.15, -0.1) is 11.8 Å². The fourth-order valence-electron chi connectivity index (χ4n) is 5.55. The van der Waals surface area contributed by atoms with E-state index in [1.54, 1.807) is 48.7 Å². The summed E-state index contributed by atoms with van der Waals surface area (Å²) in [7, 11) is 0. The molecule has 0 spiro atoms. The number of aryl methyl sites for hydroxylation is 2. The number of hydrogen-bond donors (Lipinski definition) is 4. The van der Waals surface area contributed by atoms with Crippen molar-refractivity contribution >= 4 is 57.8 Å². The number of fused-ring (bicyclic) bond motifs is 1. The first-order chi connectivity index (χ1) is 23.9. The number of rotatable bonds is 11. The molecule has 1 aromatic heterocycles. The van der Waals surface area contributed by atoms with E-state index in [-0.39, 0.29) is 11.6 Å². The Labute approximate surface area is 289 Å². The molecular weight excluding hydrogens is 629 g/mol. The molecule has 5 aromatic carbocycles. The Morgan fingerprint density at radius 1 is 0.776 bits per heavy atom. The van der Waals surface area contributed by atoms with Gasteiger partial charge in [-0.1, -0.05) is 91.9 Å². The SMILES string of the molecule is CCc1cccc(C)c1NC(=O)[C@@H](Sc1ccc(NC(=O)/C(=C/c2c[nH]c3ccccc23)NC(=O)c2ccccc2)cc1)c1ccccc1. The lowest BCUT2D eigenvalue weighted by molar-refractivity contribution is -0.116. The summed E-state index contributed by atoms with van der Waals surface area (Å²) in [5, 5.41) is 9.34. The van der Waals surface area contributed by atoms with Crippen LogP contribution in [0.15, 0.2) is 144 Å². The summed E-state index contributed by atoms with van der Waals surface area (Å²) in [5.74, 6) is -0.976. The summed E-state index contributed by atoms with van der Waals surface area (Å²) in [6.45, 7) is 4.08. The lowest BCUT2D eigenvalue weighted by Crippen LogP contribution is -2.30. The Kier molecular flexibility index (Phi) is 10.4. The molecule has 6 aromatic rings. The van der Waals surface area contributed by atoms with E-state index >= 15 is 0 Å². The van der Waals surface area contributed by atoms with E-state index in [2.05, 4.69) is 27.9 Å². The number of amides is 3. The molecule has 6 rings (SSSR count). The van der Waals surface area contributed by atoms with Crippen molar-refractivity contribution in [3.8, 4) is 0 Å². The average Bonchev–Trinajstić information content (AvgIpc) is 3.55. The number of hydrogen-bond acceptors (Lipinski definition) is 4. The van der Waals surface area contributed by atoms with Crippen molar-refractivity contribution in [1.29, 1.82) is 0 Å². The highest BCUT2D eigenvalue weighted by atomic mass is 32.2. The summed E-state index contributed by atoms with van der Waals surface area (Å²) >= 11 is 1.44. The highest BCUT2D eigenvalue weighted by molar-refractivity contribution is 8.00. The molecule has 0 saturated heterocycles. The van der Waals surface area contributed by atoms with Crippen LogP contribution in [-0.2, 0) is 16.0 Å². The second-order valence-corrected chi connectivity index (χ2v) is 12.7. The standard InChI is InChI=1S/C41H36N4O3S/c1-3-28-18-12-13-27(2)37(28)45-41(48)38(29-14-6-4-7-15-29)49-33-23-21-32(22-24-33)43-40(47)36(44-39(46)30-16-8-5-9-17-30)25-31-26-42-35-20-11-10-19-34(31)35/h4-26,38,42H,3H2,1-2H3,(H,43,47)(H,44,46)(H,45,48)/b36-25-/t38-/m0/s1. The van der Waals surface area contributed by atoms with Crippen molar-refractivity contribution in [1.82, 2.24) is 10.3 Å². The van der Waals surface area contributed by atoms with E-state index in [0.717, 1.165) is 50.2 Å². The van der Waals surface area contributed by atoms with Gasteiger partial charge in [0.05, 0.1) is 0 Å². The molecule has 8 heteroatoms. The topological polar surface area (TPSA) is 103 Å². The highest BCUT2D eigenvalue weighted by Gasteiger charge is 2.24. The number of anilines is 2. The molecule has 0 saturated carbocycles. The van der Waals surface area contributed by atoms with Crippen molar-refractivity contribution in [3.05, 3.63) is 167 Å². The minimum Gasteiger partial charge on any atom is -0.361 e. The summed E-state index contributed by atoms with van der Waals surface area (Å²) < 4.78 is 0. The average molecular weight is 665 g/mol. The number of para-hydroxylation sites is 2. The maximum Gasteiger partial charge on any atom is 0.272 e. The molecule has 0 bridgehead atoms. The number of aromatic amines is 1. The van der Waals surface area contributed by atoms with Crippen LogP contribution in [0.1, 0.15) is 44.8 Å². The monoisotopic (exact) mass is 664 g/mol. The van der Waals surface area contributed by atoms with Crippen LogP contribution in [0.3, 0.4) is 0 Å². The molecular formula is C41H36N4O3S. The van der Waals surface area contributed by atoms with Gasteiger partial charge < -0.3 is 20.9 Å². The molecule has 1 atom stereocenters. The number of nitrogens with one attached hydrogen (secondary N) is 4. The van der Waals surface area contributed by atoms with Gasteiger partial charge in [0.25, 0.3) is 11.8 Å². The third-order valence-electron chi connectivity index (χ3n) is 8.14. The maximum atomic E-state index is 13.8. The van der Waals surface area contributed by atoms with E-state index < -0.39 is 17.1 Å². The zero-order valence-corrected chi connectivity index (χ0v) is 28.0. The van der Waals surface area contributed by atoms with Crippen LogP contribution in [0.4, 0.5) is 11.4 Å².